The monoisotopic (exact) mass is 532 g/mol. The molecule has 0 radical (unpaired) electrons. The zero-order chi connectivity index (χ0) is 20.4. The van der Waals surface area contributed by atoms with Gasteiger partial charge in [0.1, 0.15) is 0 Å². The SMILES string of the molecule is CC(O)CS(=O)(=O)[O-].CC(O)CS(=O)(=O)[O-].CC(O)CS(=O)(=O)[O-].[In+3]. The minimum atomic E-state index is -4.22. The summed E-state index contributed by atoms with van der Waals surface area (Å²) in [4.78, 5) is 0. The van der Waals surface area contributed by atoms with Gasteiger partial charge in [-0.25, -0.2) is 25.3 Å². The van der Waals surface area contributed by atoms with E-state index in [4.69, 9.17) is 15.3 Å². The standard InChI is InChI=1S/3C3H8O4S.In/c3*1-3(4)2-8(5,6)7;/h3*3-4H,2H2,1H3,(H,5,6,7);/q;;;+3/p-3. The van der Waals surface area contributed by atoms with Crippen LogP contribution >= 0.6 is 0 Å². The third-order valence-corrected chi connectivity index (χ3v) is 4.01. The van der Waals surface area contributed by atoms with Gasteiger partial charge >= 0.3 is 25.8 Å². The van der Waals surface area contributed by atoms with Crippen molar-refractivity contribution in [1.82, 2.24) is 0 Å². The molecule has 0 amide bonds. The fourth-order valence-electron chi connectivity index (χ4n) is 0.886. The van der Waals surface area contributed by atoms with E-state index in [0.717, 1.165) is 0 Å². The van der Waals surface area contributed by atoms with E-state index in [9.17, 15) is 38.9 Å². The van der Waals surface area contributed by atoms with Crippen molar-refractivity contribution in [2.24, 2.45) is 0 Å². The molecule has 16 heteroatoms. The molecule has 0 aliphatic rings. The maximum absolute atomic E-state index is 9.73. The topological polar surface area (TPSA) is 232 Å². The van der Waals surface area contributed by atoms with Gasteiger partial charge in [-0.05, 0) is 20.8 Å². The molecule has 0 saturated heterocycles. The third-order valence-electron chi connectivity index (χ3n) is 1.34. The molecule has 0 bridgehead atoms. The number of hydrogen-bond donors (Lipinski definition) is 3. The van der Waals surface area contributed by atoms with Crippen molar-refractivity contribution in [3.63, 3.8) is 0 Å². The first kappa shape index (κ1) is 33.1. The fraction of sp³-hybridized carbons (Fsp3) is 1.00. The Balaban J connectivity index is -0.000000130. The summed E-state index contributed by atoms with van der Waals surface area (Å²) < 4.78 is 87.5. The van der Waals surface area contributed by atoms with Crippen molar-refractivity contribution in [3.05, 3.63) is 0 Å². The molecule has 0 aliphatic carbocycles. The molecular weight excluding hydrogens is 511 g/mol. The van der Waals surface area contributed by atoms with Crippen LogP contribution in [0.3, 0.4) is 0 Å². The van der Waals surface area contributed by atoms with E-state index in [2.05, 4.69) is 0 Å². The summed E-state index contributed by atoms with van der Waals surface area (Å²) in [7, 11) is -12.7. The first-order chi connectivity index (χ1) is 10.2. The number of aliphatic hydroxyl groups is 3. The number of aliphatic hydroxyl groups excluding tert-OH is 3. The van der Waals surface area contributed by atoms with Crippen LogP contribution in [-0.2, 0) is 30.4 Å². The van der Waals surface area contributed by atoms with E-state index in [0.29, 0.717) is 0 Å². The largest absolute Gasteiger partial charge is 3.00 e. The zero-order valence-electron chi connectivity index (χ0n) is 13.7. The molecule has 0 saturated carbocycles. The first-order valence-electron chi connectivity index (χ1n) is 6.10. The van der Waals surface area contributed by atoms with E-state index in [1.165, 1.54) is 20.8 Å². The van der Waals surface area contributed by atoms with Crippen LogP contribution in [0.4, 0.5) is 0 Å². The summed E-state index contributed by atoms with van der Waals surface area (Å²) in [5.74, 6) is -2.10. The summed E-state index contributed by atoms with van der Waals surface area (Å²) in [5, 5.41) is 24.9. The average Bonchev–Trinajstić information content (AvgIpc) is 2.04. The van der Waals surface area contributed by atoms with Gasteiger partial charge in [-0.3, -0.25) is 0 Å². The molecule has 3 unspecified atom stereocenters. The van der Waals surface area contributed by atoms with Gasteiger partial charge in [-0.15, -0.1) is 0 Å². The van der Waals surface area contributed by atoms with Crippen molar-refractivity contribution in [1.29, 1.82) is 0 Å². The molecule has 0 aromatic carbocycles. The van der Waals surface area contributed by atoms with E-state index in [1.54, 1.807) is 0 Å². The van der Waals surface area contributed by atoms with E-state index >= 15 is 0 Å². The molecule has 0 rings (SSSR count). The van der Waals surface area contributed by atoms with Gasteiger partial charge in [0.2, 0.25) is 0 Å². The zero-order valence-corrected chi connectivity index (χ0v) is 19.4. The molecule has 0 heterocycles. The maximum atomic E-state index is 9.73. The van der Waals surface area contributed by atoms with Crippen molar-refractivity contribution in [2.75, 3.05) is 17.3 Å². The van der Waals surface area contributed by atoms with Gasteiger partial charge in [-0.2, -0.15) is 0 Å². The van der Waals surface area contributed by atoms with Crippen molar-refractivity contribution >= 4 is 56.2 Å². The van der Waals surface area contributed by atoms with Gasteiger partial charge in [-0.1, -0.05) is 0 Å². The fourth-order valence-corrected chi connectivity index (χ4v) is 2.66. The Morgan fingerprint density at radius 3 is 0.720 bits per heavy atom. The van der Waals surface area contributed by atoms with Crippen LogP contribution in [0.15, 0.2) is 0 Å². The first-order valence-corrected chi connectivity index (χ1v) is 10.8. The molecule has 0 aromatic rings. The second-order valence-electron chi connectivity index (χ2n) is 4.72. The van der Waals surface area contributed by atoms with E-state index in [1.807, 2.05) is 0 Å². The Hall–Kier alpha value is 0.480. The smallest absolute Gasteiger partial charge is 0.748 e. The van der Waals surface area contributed by atoms with Crippen LogP contribution in [0.2, 0.25) is 0 Å². The Morgan fingerprint density at radius 2 is 0.720 bits per heavy atom. The summed E-state index contributed by atoms with van der Waals surface area (Å²) >= 11 is 0. The van der Waals surface area contributed by atoms with Crippen LogP contribution in [0.1, 0.15) is 20.8 Å². The minimum absolute atomic E-state index is 0. The molecule has 150 valence electrons. The average molecular weight is 532 g/mol. The van der Waals surface area contributed by atoms with Crippen LogP contribution < -0.4 is 0 Å². The Kier molecular flexibility index (Phi) is 19.2. The summed E-state index contributed by atoms with van der Waals surface area (Å²) in [6, 6.07) is 0. The van der Waals surface area contributed by atoms with E-state index in [-0.39, 0.29) is 25.8 Å². The normalized spacial score (nSPS) is 15.2. The predicted molar refractivity (Wildman–Crippen MR) is 84.5 cm³/mol. The van der Waals surface area contributed by atoms with Crippen molar-refractivity contribution in [2.45, 2.75) is 39.1 Å². The molecule has 3 N–H and O–H groups in total. The summed E-state index contributed by atoms with van der Waals surface area (Å²) in [6.07, 6.45) is -3.17. The molecule has 3 atom stereocenters. The maximum Gasteiger partial charge on any atom is 3.00 e. The molecule has 12 nitrogen and oxygen atoms in total. The molecule has 0 spiro atoms. The summed E-state index contributed by atoms with van der Waals surface area (Å²) in [5.41, 5.74) is 0. The summed E-state index contributed by atoms with van der Waals surface area (Å²) in [6.45, 7) is 3.74. The molecule has 0 fully saturated rings. The Morgan fingerprint density at radius 1 is 0.600 bits per heavy atom. The van der Waals surface area contributed by atoms with E-state index < -0.39 is 65.9 Å². The van der Waals surface area contributed by atoms with Crippen LogP contribution in [-0.4, -0.2) is 116 Å². The third kappa shape index (κ3) is 51.6. The second kappa shape index (κ2) is 14.5. The van der Waals surface area contributed by atoms with Crippen LogP contribution in [0, 0.1) is 0 Å². The van der Waals surface area contributed by atoms with Gasteiger partial charge < -0.3 is 29.0 Å². The van der Waals surface area contributed by atoms with Gasteiger partial charge in [0.15, 0.2) is 0 Å². The van der Waals surface area contributed by atoms with Crippen LogP contribution in [0.5, 0.6) is 0 Å². The number of hydrogen-bond acceptors (Lipinski definition) is 12. The molecule has 0 aromatic heterocycles. The van der Waals surface area contributed by atoms with Gasteiger partial charge in [0, 0.05) is 0 Å². The molecular formula is C9H21InO12S3. The molecule has 0 aliphatic heterocycles. The predicted octanol–water partition coefficient (Wildman–Crippen LogP) is -3.64. The molecule has 25 heavy (non-hydrogen) atoms. The number of rotatable bonds is 6. The Labute approximate surface area is 166 Å². The minimum Gasteiger partial charge on any atom is -0.748 e. The second-order valence-corrected chi connectivity index (χ2v) is 9.07. The van der Waals surface area contributed by atoms with Crippen molar-refractivity contribution < 1.29 is 54.2 Å². The van der Waals surface area contributed by atoms with Crippen LogP contribution in [0.25, 0.3) is 0 Å². The van der Waals surface area contributed by atoms with Gasteiger partial charge in [0.25, 0.3) is 0 Å². The van der Waals surface area contributed by atoms with Crippen molar-refractivity contribution in [3.8, 4) is 0 Å². The Bertz CT molecular complexity index is 530. The van der Waals surface area contributed by atoms with Gasteiger partial charge in [0.05, 0.1) is 65.9 Å². The quantitative estimate of drug-likeness (QED) is 0.281.